The first-order valence-electron chi connectivity index (χ1n) is 5.45. The highest BCUT2D eigenvalue weighted by Gasteiger charge is 2.22. The van der Waals surface area contributed by atoms with Crippen LogP contribution in [0.25, 0.3) is 11.1 Å². The molecule has 1 amide bonds. The van der Waals surface area contributed by atoms with Crippen LogP contribution in [0.3, 0.4) is 0 Å². The van der Waals surface area contributed by atoms with Crippen molar-refractivity contribution in [2.75, 3.05) is 6.54 Å². The van der Waals surface area contributed by atoms with E-state index in [2.05, 4.69) is 10.3 Å². The van der Waals surface area contributed by atoms with Gasteiger partial charge in [-0.15, -0.1) is 0 Å². The maximum absolute atomic E-state index is 11.1. The van der Waals surface area contributed by atoms with Crippen molar-refractivity contribution in [2.24, 2.45) is 0 Å². The van der Waals surface area contributed by atoms with Crippen molar-refractivity contribution in [3.63, 3.8) is 0 Å². The minimum absolute atomic E-state index is 0.311. The molecule has 0 fully saturated rings. The summed E-state index contributed by atoms with van der Waals surface area (Å²) in [5, 5.41) is 1.98. The van der Waals surface area contributed by atoms with Crippen molar-refractivity contribution < 1.29 is 9.21 Å². The average Bonchev–Trinajstić information content (AvgIpc) is 2.65. The molecule has 1 aromatic carbocycles. The molecule has 0 aliphatic carbocycles. The number of nitrogens with one attached hydrogen (secondary N) is 2. The fraction of sp³-hybridized carbons (Fsp3) is 0.333. The van der Waals surface area contributed by atoms with Crippen molar-refractivity contribution in [3.05, 3.63) is 34.3 Å². The Kier molecular flexibility index (Phi) is 3.17. The molecule has 1 heterocycles. The van der Waals surface area contributed by atoms with Gasteiger partial charge in [0.05, 0.1) is 5.52 Å². The lowest BCUT2D eigenvalue weighted by atomic mass is 9.84. The maximum Gasteiger partial charge on any atom is 0.417 e. The number of benzene rings is 1. The minimum Gasteiger partial charge on any atom is -0.408 e. The summed E-state index contributed by atoms with van der Waals surface area (Å²) in [6, 6.07) is 5.45. The zero-order chi connectivity index (χ0) is 13.3. The highest BCUT2D eigenvalue weighted by Crippen LogP contribution is 2.25. The smallest absolute Gasteiger partial charge is 0.408 e. The van der Waals surface area contributed by atoms with E-state index in [0.717, 1.165) is 5.56 Å². The second-order valence-corrected chi connectivity index (χ2v) is 5.08. The Morgan fingerprint density at radius 1 is 1.50 bits per heavy atom. The number of carbonyl (C=O) groups excluding carboxylic acids is 1. The second-order valence-electron chi connectivity index (χ2n) is 4.74. The molecule has 0 bridgehead atoms. The molecule has 5 nitrogen and oxygen atoms in total. The number of H-pyrrole nitrogens is 1. The maximum atomic E-state index is 11.1. The van der Waals surface area contributed by atoms with Crippen LogP contribution in [-0.4, -0.2) is 16.9 Å². The largest absolute Gasteiger partial charge is 0.417 e. The van der Waals surface area contributed by atoms with Crippen LogP contribution in [0.4, 0.5) is 4.79 Å². The van der Waals surface area contributed by atoms with Gasteiger partial charge in [0.25, 0.3) is 0 Å². The number of hydrogen-bond donors (Lipinski definition) is 2. The molecule has 2 rings (SSSR count). The van der Waals surface area contributed by atoms with Gasteiger partial charge in [-0.3, -0.25) is 9.78 Å². The quantitative estimate of drug-likeness (QED) is 0.663. The van der Waals surface area contributed by atoms with Crippen LogP contribution >= 0.6 is 11.6 Å². The molecule has 0 saturated heterocycles. The third-order valence-electron chi connectivity index (χ3n) is 2.87. The number of rotatable bonds is 3. The zero-order valence-corrected chi connectivity index (χ0v) is 10.8. The average molecular weight is 269 g/mol. The predicted octanol–water partition coefficient (Wildman–Crippen LogP) is 2.35. The number of aromatic nitrogens is 1. The normalized spacial score (nSPS) is 11.7. The predicted molar refractivity (Wildman–Crippen MR) is 69.1 cm³/mol. The summed E-state index contributed by atoms with van der Waals surface area (Å²) in [5.74, 6) is -0.478. The van der Waals surface area contributed by atoms with Gasteiger partial charge in [-0.2, -0.15) is 0 Å². The summed E-state index contributed by atoms with van der Waals surface area (Å²) >= 11 is 5.25. The molecule has 0 spiro atoms. The van der Waals surface area contributed by atoms with E-state index in [0.29, 0.717) is 17.6 Å². The molecular formula is C12H13ClN2O3. The molecule has 96 valence electrons. The van der Waals surface area contributed by atoms with Crippen molar-refractivity contribution in [1.82, 2.24) is 10.3 Å². The van der Waals surface area contributed by atoms with E-state index in [9.17, 15) is 9.59 Å². The van der Waals surface area contributed by atoms with Gasteiger partial charge in [-0.25, -0.2) is 4.79 Å². The van der Waals surface area contributed by atoms with Crippen molar-refractivity contribution >= 4 is 28.1 Å². The Bertz CT molecular complexity index is 642. The van der Waals surface area contributed by atoms with Crippen LogP contribution in [-0.2, 0) is 5.41 Å². The molecule has 0 radical (unpaired) electrons. The number of aromatic amines is 1. The lowest BCUT2D eigenvalue weighted by molar-refractivity contribution is 0.257. The third kappa shape index (κ3) is 2.56. The van der Waals surface area contributed by atoms with Crippen LogP contribution in [0.15, 0.2) is 27.4 Å². The summed E-state index contributed by atoms with van der Waals surface area (Å²) in [5.41, 5.74) is 1.79. The minimum atomic E-state index is -0.586. The third-order valence-corrected chi connectivity index (χ3v) is 3.01. The van der Waals surface area contributed by atoms with Crippen LogP contribution in [0, 0.1) is 0 Å². The van der Waals surface area contributed by atoms with E-state index in [-0.39, 0.29) is 5.41 Å². The SMILES string of the molecule is CC(C)(CNC(=O)Cl)c1ccc2[nH]c(=O)oc2c1. The molecule has 0 saturated carbocycles. The Labute approximate surface area is 108 Å². The number of oxazole rings is 1. The molecule has 6 heteroatoms. The Balaban J connectivity index is 2.34. The summed E-state index contributed by atoms with van der Waals surface area (Å²) < 4.78 is 5.00. The Morgan fingerprint density at radius 2 is 2.22 bits per heavy atom. The number of hydrogen-bond acceptors (Lipinski definition) is 3. The summed E-state index contributed by atoms with van der Waals surface area (Å²) in [6.45, 7) is 4.33. The molecule has 2 N–H and O–H groups in total. The van der Waals surface area contributed by atoms with Crippen LogP contribution in [0.1, 0.15) is 19.4 Å². The van der Waals surface area contributed by atoms with E-state index in [4.69, 9.17) is 16.0 Å². The second kappa shape index (κ2) is 4.49. The molecule has 1 aromatic heterocycles. The molecule has 0 aliphatic rings. The number of fused-ring (bicyclic) bond motifs is 1. The highest BCUT2D eigenvalue weighted by atomic mass is 35.5. The highest BCUT2D eigenvalue weighted by molar-refractivity contribution is 6.62. The first kappa shape index (κ1) is 12.7. The van der Waals surface area contributed by atoms with E-state index in [1.54, 1.807) is 12.1 Å². The lowest BCUT2D eigenvalue weighted by Crippen LogP contribution is -2.34. The summed E-state index contributed by atoms with van der Waals surface area (Å²) in [7, 11) is 0. The fourth-order valence-electron chi connectivity index (χ4n) is 1.76. The van der Waals surface area contributed by atoms with Crippen LogP contribution in [0.2, 0.25) is 0 Å². The summed E-state index contributed by atoms with van der Waals surface area (Å²) in [6.07, 6.45) is 0. The summed E-state index contributed by atoms with van der Waals surface area (Å²) in [4.78, 5) is 24.4. The monoisotopic (exact) mass is 268 g/mol. The standard InChI is InChI=1S/C12H13ClN2O3/c1-12(2,6-14-10(13)16)7-3-4-8-9(5-7)18-11(17)15-8/h3-5H,6H2,1-2H3,(H,14,16)(H,15,17). The Morgan fingerprint density at radius 3 is 2.89 bits per heavy atom. The fourth-order valence-corrected chi connectivity index (χ4v) is 1.83. The van der Waals surface area contributed by atoms with Crippen LogP contribution < -0.4 is 11.1 Å². The number of halogens is 1. The van der Waals surface area contributed by atoms with Crippen LogP contribution in [0.5, 0.6) is 0 Å². The topological polar surface area (TPSA) is 75.1 Å². The molecular weight excluding hydrogens is 256 g/mol. The van der Waals surface area contributed by atoms with Gasteiger partial charge in [-0.1, -0.05) is 19.9 Å². The van der Waals surface area contributed by atoms with E-state index < -0.39 is 11.1 Å². The van der Waals surface area contributed by atoms with Crippen molar-refractivity contribution in [3.8, 4) is 0 Å². The lowest BCUT2D eigenvalue weighted by Gasteiger charge is -2.24. The first-order valence-corrected chi connectivity index (χ1v) is 5.83. The number of carbonyl (C=O) groups is 1. The van der Waals surface area contributed by atoms with Gasteiger partial charge in [0.2, 0.25) is 0 Å². The van der Waals surface area contributed by atoms with E-state index in [1.807, 2.05) is 19.9 Å². The molecule has 0 atom stereocenters. The van der Waals surface area contributed by atoms with Gasteiger partial charge in [-0.05, 0) is 29.3 Å². The molecule has 2 aromatic rings. The van der Waals surface area contributed by atoms with Gasteiger partial charge in [0.1, 0.15) is 0 Å². The Hall–Kier alpha value is -1.75. The van der Waals surface area contributed by atoms with E-state index in [1.165, 1.54) is 0 Å². The van der Waals surface area contributed by atoms with Crippen molar-refractivity contribution in [1.29, 1.82) is 0 Å². The van der Waals surface area contributed by atoms with Gasteiger partial charge in [0.15, 0.2) is 5.58 Å². The van der Waals surface area contributed by atoms with E-state index >= 15 is 0 Å². The van der Waals surface area contributed by atoms with Gasteiger partial charge in [0, 0.05) is 12.0 Å². The molecule has 0 unspecified atom stereocenters. The van der Waals surface area contributed by atoms with Crippen molar-refractivity contribution in [2.45, 2.75) is 19.3 Å². The first-order chi connectivity index (χ1) is 8.38. The van der Waals surface area contributed by atoms with Gasteiger partial charge < -0.3 is 9.73 Å². The molecule has 0 aliphatic heterocycles. The zero-order valence-electron chi connectivity index (χ0n) is 10.0. The molecule has 18 heavy (non-hydrogen) atoms. The van der Waals surface area contributed by atoms with Gasteiger partial charge >= 0.3 is 11.1 Å². The number of amides is 1.